The van der Waals surface area contributed by atoms with E-state index in [-0.39, 0.29) is 29.3 Å². The molecule has 0 aliphatic carbocycles. The molecule has 1 aromatic carbocycles. The standard InChI is InChI=1S/C15H18FNO3S/c1-2-17-15(10-5-6-21(18,19)9-10)14-8-11-7-12(16)3-4-13(11)20-14/h3-4,7-8,10,15,17H,2,5-6,9H2,1H3. The Hall–Kier alpha value is -1.40. The minimum absolute atomic E-state index is 0.000333. The Labute approximate surface area is 123 Å². The number of nitrogens with one attached hydrogen (secondary N) is 1. The van der Waals surface area contributed by atoms with Crippen LogP contribution in [0.25, 0.3) is 11.0 Å². The maximum atomic E-state index is 13.3. The van der Waals surface area contributed by atoms with Crippen LogP contribution in [0.1, 0.15) is 25.1 Å². The molecule has 0 bridgehead atoms. The second-order valence-corrected chi connectivity index (χ2v) is 7.76. The summed E-state index contributed by atoms with van der Waals surface area (Å²) >= 11 is 0. The Morgan fingerprint density at radius 2 is 2.24 bits per heavy atom. The van der Waals surface area contributed by atoms with Gasteiger partial charge in [0.25, 0.3) is 0 Å². The molecular formula is C15H18FNO3S. The lowest BCUT2D eigenvalue weighted by Crippen LogP contribution is -2.28. The van der Waals surface area contributed by atoms with E-state index in [4.69, 9.17) is 4.42 Å². The van der Waals surface area contributed by atoms with Crippen LogP contribution in [0, 0.1) is 11.7 Å². The summed E-state index contributed by atoms with van der Waals surface area (Å²) in [4.78, 5) is 0. The molecule has 2 unspecified atom stereocenters. The number of rotatable bonds is 4. The number of sulfone groups is 1. The summed E-state index contributed by atoms with van der Waals surface area (Å²) in [6.45, 7) is 2.69. The second kappa shape index (κ2) is 5.42. The van der Waals surface area contributed by atoms with Crippen molar-refractivity contribution < 1.29 is 17.2 Å². The summed E-state index contributed by atoms with van der Waals surface area (Å²) in [5.74, 6) is 0.781. The third kappa shape index (κ3) is 2.96. The van der Waals surface area contributed by atoms with Crippen molar-refractivity contribution in [3.8, 4) is 0 Å². The summed E-state index contributed by atoms with van der Waals surface area (Å²) in [5.41, 5.74) is 0.621. The van der Waals surface area contributed by atoms with Gasteiger partial charge in [0.15, 0.2) is 9.84 Å². The number of furan rings is 1. The average Bonchev–Trinajstić information content (AvgIpc) is 2.98. The third-order valence-electron chi connectivity index (χ3n) is 3.97. The van der Waals surface area contributed by atoms with Crippen LogP contribution in [0.4, 0.5) is 4.39 Å². The zero-order valence-corrected chi connectivity index (χ0v) is 12.6. The van der Waals surface area contributed by atoms with E-state index < -0.39 is 9.84 Å². The molecule has 1 aliphatic rings. The molecule has 1 aliphatic heterocycles. The van der Waals surface area contributed by atoms with Crippen LogP contribution >= 0.6 is 0 Å². The van der Waals surface area contributed by atoms with Gasteiger partial charge in [-0.3, -0.25) is 0 Å². The first-order valence-electron chi connectivity index (χ1n) is 7.11. The Morgan fingerprint density at radius 1 is 1.43 bits per heavy atom. The number of fused-ring (bicyclic) bond motifs is 1. The number of hydrogen-bond acceptors (Lipinski definition) is 4. The van der Waals surface area contributed by atoms with Gasteiger partial charge in [-0.15, -0.1) is 0 Å². The van der Waals surface area contributed by atoms with Crippen LogP contribution in [-0.4, -0.2) is 26.5 Å². The summed E-state index contributed by atoms with van der Waals surface area (Å²) in [6, 6.07) is 6.04. The fourth-order valence-corrected chi connectivity index (χ4v) is 4.83. The van der Waals surface area contributed by atoms with Gasteiger partial charge in [0.2, 0.25) is 0 Å². The fraction of sp³-hybridized carbons (Fsp3) is 0.467. The SMILES string of the molecule is CCNC(c1cc2cc(F)ccc2o1)C1CCS(=O)(=O)C1. The molecule has 4 nitrogen and oxygen atoms in total. The van der Waals surface area contributed by atoms with Crippen molar-refractivity contribution in [3.63, 3.8) is 0 Å². The molecule has 21 heavy (non-hydrogen) atoms. The highest BCUT2D eigenvalue weighted by Crippen LogP contribution is 2.34. The first-order valence-corrected chi connectivity index (χ1v) is 8.93. The van der Waals surface area contributed by atoms with Gasteiger partial charge in [-0.2, -0.15) is 0 Å². The zero-order valence-electron chi connectivity index (χ0n) is 11.8. The van der Waals surface area contributed by atoms with E-state index in [9.17, 15) is 12.8 Å². The molecule has 0 amide bonds. The molecule has 2 aromatic rings. The van der Waals surface area contributed by atoms with Crippen LogP contribution < -0.4 is 5.32 Å². The third-order valence-corrected chi connectivity index (χ3v) is 5.76. The average molecular weight is 311 g/mol. The van der Waals surface area contributed by atoms with Gasteiger partial charge in [-0.05, 0) is 43.1 Å². The molecule has 114 valence electrons. The molecule has 0 spiro atoms. The Balaban J connectivity index is 1.95. The van der Waals surface area contributed by atoms with Gasteiger partial charge in [-0.25, -0.2) is 12.8 Å². The van der Waals surface area contributed by atoms with Crippen molar-refractivity contribution in [1.82, 2.24) is 5.32 Å². The lowest BCUT2D eigenvalue weighted by molar-refractivity contribution is 0.343. The van der Waals surface area contributed by atoms with Crippen LogP contribution in [0.3, 0.4) is 0 Å². The summed E-state index contributed by atoms with van der Waals surface area (Å²) in [6.07, 6.45) is 0.630. The van der Waals surface area contributed by atoms with Gasteiger partial charge in [0.1, 0.15) is 17.2 Å². The Kier molecular flexibility index (Phi) is 3.75. The Bertz CT molecular complexity index is 753. The van der Waals surface area contributed by atoms with E-state index in [0.717, 1.165) is 0 Å². The van der Waals surface area contributed by atoms with Crippen LogP contribution in [0.15, 0.2) is 28.7 Å². The molecule has 0 radical (unpaired) electrons. The maximum absolute atomic E-state index is 13.3. The van der Waals surface area contributed by atoms with E-state index in [1.165, 1.54) is 12.1 Å². The van der Waals surface area contributed by atoms with E-state index in [2.05, 4.69) is 5.32 Å². The normalized spacial score (nSPS) is 22.7. The molecular weight excluding hydrogens is 293 g/mol. The predicted molar refractivity (Wildman–Crippen MR) is 79.4 cm³/mol. The number of hydrogen-bond donors (Lipinski definition) is 1. The van der Waals surface area contributed by atoms with Crippen LogP contribution in [0.5, 0.6) is 0 Å². The highest BCUT2D eigenvalue weighted by molar-refractivity contribution is 7.91. The maximum Gasteiger partial charge on any atom is 0.150 e. The lowest BCUT2D eigenvalue weighted by Gasteiger charge is -2.21. The molecule has 1 N–H and O–H groups in total. The van der Waals surface area contributed by atoms with Crippen molar-refractivity contribution in [2.24, 2.45) is 5.92 Å². The minimum Gasteiger partial charge on any atom is -0.459 e. The fourth-order valence-electron chi connectivity index (χ4n) is 2.99. The predicted octanol–water partition coefficient (Wildman–Crippen LogP) is 2.66. The van der Waals surface area contributed by atoms with Gasteiger partial charge in [-0.1, -0.05) is 6.92 Å². The number of halogens is 1. The topological polar surface area (TPSA) is 59.3 Å². The molecule has 1 saturated heterocycles. The van der Waals surface area contributed by atoms with E-state index in [1.807, 2.05) is 6.92 Å². The molecule has 3 rings (SSSR count). The zero-order chi connectivity index (χ0) is 15.0. The smallest absolute Gasteiger partial charge is 0.150 e. The summed E-state index contributed by atoms with van der Waals surface area (Å²) in [7, 11) is -2.95. The van der Waals surface area contributed by atoms with Crippen molar-refractivity contribution in [2.75, 3.05) is 18.1 Å². The summed E-state index contributed by atoms with van der Waals surface area (Å²) < 4.78 is 42.4. The second-order valence-electron chi connectivity index (χ2n) is 5.53. The van der Waals surface area contributed by atoms with E-state index in [1.54, 1.807) is 12.1 Å². The molecule has 1 fully saturated rings. The highest BCUT2D eigenvalue weighted by atomic mass is 32.2. The first kappa shape index (κ1) is 14.5. The van der Waals surface area contributed by atoms with E-state index >= 15 is 0 Å². The molecule has 2 heterocycles. The van der Waals surface area contributed by atoms with Gasteiger partial charge < -0.3 is 9.73 Å². The summed E-state index contributed by atoms with van der Waals surface area (Å²) in [5, 5.41) is 4.00. The van der Waals surface area contributed by atoms with Crippen molar-refractivity contribution in [2.45, 2.75) is 19.4 Å². The minimum atomic E-state index is -2.95. The largest absolute Gasteiger partial charge is 0.459 e. The Morgan fingerprint density at radius 3 is 2.90 bits per heavy atom. The van der Waals surface area contributed by atoms with Crippen LogP contribution in [0.2, 0.25) is 0 Å². The van der Waals surface area contributed by atoms with Gasteiger partial charge in [0.05, 0.1) is 17.5 Å². The lowest BCUT2D eigenvalue weighted by atomic mass is 9.97. The number of benzene rings is 1. The molecule has 2 atom stereocenters. The molecule has 6 heteroatoms. The highest BCUT2D eigenvalue weighted by Gasteiger charge is 2.35. The molecule has 1 aromatic heterocycles. The van der Waals surface area contributed by atoms with Crippen LogP contribution in [-0.2, 0) is 9.84 Å². The van der Waals surface area contributed by atoms with Crippen molar-refractivity contribution >= 4 is 20.8 Å². The van der Waals surface area contributed by atoms with Gasteiger partial charge in [0, 0.05) is 5.39 Å². The van der Waals surface area contributed by atoms with Crippen molar-refractivity contribution in [3.05, 3.63) is 35.8 Å². The monoisotopic (exact) mass is 311 g/mol. The van der Waals surface area contributed by atoms with Crippen molar-refractivity contribution in [1.29, 1.82) is 0 Å². The first-order chi connectivity index (χ1) is 9.98. The molecule has 0 saturated carbocycles. The van der Waals surface area contributed by atoms with Gasteiger partial charge >= 0.3 is 0 Å². The van der Waals surface area contributed by atoms with E-state index in [0.29, 0.717) is 29.7 Å². The quantitative estimate of drug-likeness (QED) is 0.943.